The number of fused-ring (bicyclic) bond motifs is 1. The van der Waals surface area contributed by atoms with Crippen LogP contribution in [0.2, 0.25) is 0 Å². The highest BCUT2D eigenvalue weighted by molar-refractivity contribution is 5.59. The molecule has 2 aromatic carbocycles. The lowest BCUT2D eigenvalue weighted by molar-refractivity contribution is -0.137. The molecule has 2 heterocycles. The van der Waals surface area contributed by atoms with Crippen LogP contribution in [0, 0.1) is 0 Å². The normalized spacial score (nSPS) is 17.1. The molecular weight excluding hydrogens is 355 g/mol. The Labute approximate surface area is 154 Å². The summed E-state index contributed by atoms with van der Waals surface area (Å²) in [7, 11) is 0. The first-order chi connectivity index (χ1) is 12.9. The molecule has 0 radical (unpaired) electrons. The van der Waals surface area contributed by atoms with E-state index in [4.69, 9.17) is 5.73 Å². The van der Waals surface area contributed by atoms with Gasteiger partial charge in [0.15, 0.2) is 5.82 Å². The second-order valence-corrected chi connectivity index (χ2v) is 6.45. The van der Waals surface area contributed by atoms with Crippen molar-refractivity contribution in [2.45, 2.75) is 18.9 Å². The van der Waals surface area contributed by atoms with Gasteiger partial charge in [-0.1, -0.05) is 30.3 Å². The molecule has 8 heteroatoms. The number of alkyl halides is 3. The molecule has 3 aromatic rings. The molecule has 0 aliphatic carbocycles. The van der Waals surface area contributed by atoms with Crippen molar-refractivity contribution in [1.82, 2.24) is 10.2 Å². The molecule has 1 aliphatic rings. The van der Waals surface area contributed by atoms with Crippen LogP contribution in [0.4, 0.5) is 24.7 Å². The third-order valence-electron chi connectivity index (χ3n) is 4.67. The van der Waals surface area contributed by atoms with Crippen LogP contribution in [-0.2, 0) is 12.7 Å². The lowest BCUT2D eigenvalue weighted by Gasteiger charge is -2.41. The van der Waals surface area contributed by atoms with Crippen LogP contribution in [0.5, 0.6) is 0 Å². The molecule has 27 heavy (non-hydrogen) atoms. The maximum absolute atomic E-state index is 12.8. The lowest BCUT2D eigenvalue weighted by atomic mass is 10.1. The summed E-state index contributed by atoms with van der Waals surface area (Å²) in [5.74, 6) is 0.759. The summed E-state index contributed by atoms with van der Waals surface area (Å²) in [6, 6.07) is 15.0. The summed E-state index contributed by atoms with van der Waals surface area (Å²) >= 11 is 0. The Morgan fingerprint density at radius 1 is 1.07 bits per heavy atom. The number of nitrogens with zero attached hydrogens (tertiary/aromatic N) is 3. The Morgan fingerprint density at radius 3 is 2.44 bits per heavy atom. The molecule has 4 rings (SSSR count). The number of halogens is 3. The first kappa shape index (κ1) is 17.4. The molecule has 140 valence electrons. The molecule has 0 bridgehead atoms. The smallest absolute Gasteiger partial charge is 0.334 e. The van der Waals surface area contributed by atoms with Crippen molar-refractivity contribution in [2.24, 2.45) is 5.73 Å². The number of H-pyrrole nitrogens is 1. The number of hydrogen-bond acceptors (Lipinski definition) is 4. The summed E-state index contributed by atoms with van der Waals surface area (Å²) in [6.07, 6.45) is -3.13. The zero-order valence-electron chi connectivity index (χ0n) is 14.3. The predicted molar refractivity (Wildman–Crippen MR) is 96.9 cm³/mol. The van der Waals surface area contributed by atoms with Crippen molar-refractivity contribution in [2.75, 3.05) is 16.5 Å². The van der Waals surface area contributed by atoms with Crippen molar-refractivity contribution < 1.29 is 13.2 Å². The van der Waals surface area contributed by atoms with Gasteiger partial charge in [0.25, 0.3) is 0 Å². The van der Waals surface area contributed by atoms with Gasteiger partial charge < -0.3 is 15.5 Å². The third kappa shape index (κ3) is 3.35. The van der Waals surface area contributed by atoms with Crippen molar-refractivity contribution in [3.8, 4) is 0 Å². The Hall–Kier alpha value is -3.00. The van der Waals surface area contributed by atoms with Crippen LogP contribution in [0.3, 0.4) is 0 Å². The molecule has 0 fully saturated rings. The van der Waals surface area contributed by atoms with E-state index in [1.165, 1.54) is 12.1 Å². The number of aromatic amines is 1. The van der Waals surface area contributed by atoms with Crippen LogP contribution in [0.1, 0.15) is 22.9 Å². The average Bonchev–Trinajstić information content (AvgIpc) is 3.15. The molecule has 1 aromatic heterocycles. The van der Waals surface area contributed by atoms with Crippen molar-refractivity contribution in [1.29, 1.82) is 0 Å². The Morgan fingerprint density at radius 2 is 1.78 bits per heavy atom. The van der Waals surface area contributed by atoms with E-state index in [0.29, 0.717) is 18.9 Å². The van der Waals surface area contributed by atoms with Crippen LogP contribution < -0.4 is 15.5 Å². The quantitative estimate of drug-likeness (QED) is 0.732. The van der Waals surface area contributed by atoms with Crippen molar-refractivity contribution in [3.05, 3.63) is 77.5 Å². The van der Waals surface area contributed by atoms with Crippen LogP contribution in [0.25, 0.3) is 0 Å². The molecule has 0 saturated heterocycles. The van der Waals surface area contributed by atoms with Gasteiger partial charge in [0.1, 0.15) is 6.17 Å². The van der Waals surface area contributed by atoms with Gasteiger partial charge in [0.2, 0.25) is 0 Å². The van der Waals surface area contributed by atoms with Crippen LogP contribution in [-0.4, -0.2) is 16.9 Å². The van der Waals surface area contributed by atoms with Crippen molar-refractivity contribution >= 4 is 11.5 Å². The molecule has 0 amide bonds. The van der Waals surface area contributed by atoms with Gasteiger partial charge in [0, 0.05) is 18.4 Å². The van der Waals surface area contributed by atoms with Gasteiger partial charge in [0.05, 0.1) is 17.8 Å². The highest BCUT2D eigenvalue weighted by Gasteiger charge is 2.33. The molecule has 0 spiro atoms. The number of aromatic nitrogens is 2. The predicted octanol–water partition coefficient (Wildman–Crippen LogP) is 3.87. The Bertz CT molecular complexity index is 905. The maximum Gasteiger partial charge on any atom is 0.416 e. The molecular formula is C19H18F3N5. The van der Waals surface area contributed by atoms with E-state index in [0.717, 1.165) is 29.1 Å². The zero-order valence-corrected chi connectivity index (χ0v) is 14.3. The summed E-state index contributed by atoms with van der Waals surface area (Å²) in [5.41, 5.74) is 8.22. The van der Waals surface area contributed by atoms with Gasteiger partial charge in [-0.05, 0) is 29.8 Å². The highest BCUT2D eigenvalue weighted by atomic mass is 19.4. The van der Waals surface area contributed by atoms with Crippen LogP contribution >= 0.6 is 0 Å². The SMILES string of the molecule is NC1c2c[nH]nc2N(Cc2ccccc2)CN1c1ccc(C(F)(F)F)cc1. The fourth-order valence-electron chi connectivity index (χ4n) is 3.28. The first-order valence-electron chi connectivity index (χ1n) is 8.45. The standard InChI is InChI=1S/C19H18F3N5/c20-19(21,22)14-6-8-15(9-7-14)27-12-26(11-13-4-2-1-3-5-13)18-16(17(27)23)10-24-25-18/h1-10,17H,11-12,23H2,(H,24,25). The fraction of sp³-hybridized carbons (Fsp3) is 0.211. The summed E-state index contributed by atoms with van der Waals surface area (Å²) in [6.45, 7) is 1.03. The topological polar surface area (TPSA) is 61.2 Å². The summed E-state index contributed by atoms with van der Waals surface area (Å²) in [5, 5.41) is 7.15. The number of anilines is 2. The van der Waals surface area contributed by atoms with Gasteiger partial charge in [-0.15, -0.1) is 0 Å². The number of hydrogen-bond donors (Lipinski definition) is 2. The molecule has 1 unspecified atom stereocenters. The maximum atomic E-state index is 12.8. The van der Waals surface area contributed by atoms with E-state index in [1.807, 2.05) is 40.1 Å². The number of nitrogens with two attached hydrogens (primary N) is 1. The second-order valence-electron chi connectivity index (χ2n) is 6.45. The Balaban J connectivity index is 1.64. The second kappa shape index (κ2) is 6.62. The van der Waals surface area contributed by atoms with Gasteiger partial charge >= 0.3 is 6.18 Å². The molecule has 5 nitrogen and oxygen atoms in total. The molecule has 1 aliphatic heterocycles. The van der Waals surface area contributed by atoms with E-state index >= 15 is 0 Å². The lowest BCUT2D eigenvalue weighted by Crippen LogP contribution is -2.47. The van der Waals surface area contributed by atoms with E-state index in [2.05, 4.69) is 10.2 Å². The molecule has 1 atom stereocenters. The zero-order chi connectivity index (χ0) is 19.0. The monoisotopic (exact) mass is 373 g/mol. The summed E-state index contributed by atoms with van der Waals surface area (Å²) < 4.78 is 38.5. The molecule has 0 saturated carbocycles. The van der Waals surface area contributed by atoms with E-state index in [9.17, 15) is 13.2 Å². The minimum atomic E-state index is -4.36. The fourth-order valence-corrected chi connectivity index (χ4v) is 3.28. The van der Waals surface area contributed by atoms with E-state index in [1.54, 1.807) is 6.20 Å². The van der Waals surface area contributed by atoms with Gasteiger partial charge in [-0.3, -0.25) is 5.10 Å². The minimum absolute atomic E-state index is 0.416. The number of nitrogens with one attached hydrogen (secondary N) is 1. The van der Waals surface area contributed by atoms with Crippen molar-refractivity contribution in [3.63, 3.8) is 0 Å². The number of rotatable bonds is 3. The Kier molecular flexibility index (Phi) is 4.27. The first-order valence-corrected chi connectivity index (χ1v) is 8.45. The molecule has 3 N–H and O–H groups in total. The third-order valence-corrected chi connectivity index (χ3v) is 4.67. The number of benzene rings is 2. The van der Waals surface area contributed by atoms with Gasteiger partial charge in [-0.2, -0.15) is 18.3 Å². The van der Waals surface area contributed by atoms with E-state index in [-0.39, 0.29) is 0 Å². The average molecular weight is 373 g/mol. The highest BCUT2D eigenvalue weighted by Crippen LogP contribution is 2.36. The summed E-state index contributed by atoms with van der Waals surface area (Å²) in [4.78, 5) is 3.91. The minimum Gasteiger partial charge on any atom is -0.334 e. The van der Waals surface area contributed by atoms with Gasteiger partial charge in [-0.25, -0.2) is 0 Å². The van der Waals surface area contributed by atoms with Crippen LogP contribution in [0.15, 0.2) is 60.8 Å². The largest absolute Gasteiger partial charge is 0.416 e. The van der Waals surface area contributed by atoms with E-state index < -0.39 is 17.9 Å².